The number of anilines is 2. The third-order valence-electron chi connectivity index (χ3n) is 11.8. The maximum atomic E-state index is 14.7. The molecule has 6 aromatic carbocycles. The fraction of sp³-hybridized carbons (Fsp3) is 0.176. The number of hydrogen-bond acceptors (Lipinski definition) is 4. The fourth-order valence-electron chi connectivity index (χ4n) is 8.60. The Balaban J connectivity index is 1.11. The van der Waals surface area contributed by atoms with Gasteiger partial charge in [0.1, 0.15) is 6.04 Å². The van der Waals surface area contributed by atoms with Crippen molar-refractivity contribution in [3.63, 3.8) is 0 Å². The van der Waals surface area contributed by atoms with Crippen LogP contribution in [0, 0.1) is 5.92 Å². The fourth-order valence-corrected chi connectivity index (χ4v) is 8.60. The van der Waals surface area contributed by atoms with Gasteiger partial charge in [-0.15, -0.1) is 0 Å². The Bertz CT molecular complexity index is 2570. The van der Waals surface area contributed by atoms with Gasteiger partial charge in [0.15, 0.2) is 0 Å². The first-order valence-corrected chi connectivity index (χ1v) is 20.4. The molecule has 0 saturated heterocycles. The zero-order chi connectivity index (χ0) is 41.8. The molecule has 0 radical (unpaired) electrons. The molecule has 0 saturated carbocycles. The Morgan fingerprint density at radius 2 is 1.17 bits per heavy atom. The Morgan fingerprint density at radius 3 is 1.75 bits per heavy atom. The molecule has 0 spiro atoms. The SMILES string of the molecule is CC[C@H](C)[C@@H]1NC(=O)c2ccccc2/C1=C/C(=O)Nc1ccccc1-c1ccccc1NC(=O)[C@H](Cc1ccccc1)N(CC1c2ccccc2-c2ccccc21)C(=O)O. The van der Waals surface area contributed by atoms with Gasteiger partial charge >= 0.3 is 6.09 Å². The van der Waals surface area contributed by atoms with Crippen LogP contribution in [-0.2, 0) is 16.0 Å². The number of para-hydroxylation sites is 2. The number of carboxylic acid groups (broad SMARTS) is 1. The van der Waals surface area contributed by atoms with E-state index in [1.54, 1.807) is 24.3 Å². The Labute approximate surface area is 349 Å². The molecule has 60 heavy (non-hydrogen) atoms. The normalized spacial score (nSPS) is 15.8. The van der Waals surface area contributed by atoms with Gasteiger partial charge in [-0.2, -0.15) is 0 Å². The van der Waals surface area contributed by atoms with E-state index < -0.39 is 18.0 Å². The average Bonchev–Trinajstić information content (AvgIpc) is 3.59. The third kappa shape index (κ3) is 7.94. The predicted molar refractivity (Wildman–Crippen MR) is 237 cm³/mol. The number of benzene rings is 6. The van der Waals surface area contributed by atoms with Gasteiger partial charge in [0.2, 0.25) is 11.8 Å². The zero-order valence-electron chi connectivity index (χ0n) is 33.5. The van der Waals surface area contributed by atoms with Crippen LogP contribution in [0.1, 0.15) is 58.8 Å². The second-order valence-electron chi connectivity index (χ2n) is 15.4. The molecular formula is C51H46N4O5. The summed E-state index contributed by atoms with van der Waals surface area (Å²) in [7, 11) is 0. The summed E-state index contributed by atoms with van der Waals surface area (Å²) >= 11 is 0. The maximum Gasteiger partial charge on any atom is 0.408 e. The van der Waals surface area contributed by atoms with Crippen molar-refractivity contribution in [3.05, 3.63) is 186 Å². The summed E-state index contributed by atoms with van der Waals surface area (Å²) in [6.07, 6.45) is 1.32. The van der Waals surface area contributed by atoms with E-state index in [2.05, 4.69) is 41.9 Å². The summed E-state index contributed by atoms with van der Waals surface area (Å²) in [4.78, 5) is 56.3. The lowest BCUT2D eigenvalue weighted by atomic mass is 9.82. The van der Waals surface area contributed by atoms with Crippen LogP contribution in [0.5, 0.6) is 0 Å². The number of nitrogens with one attached hydrogen (secondary N) is 3. The first kappa shape index (κ1) is 39.6. The zero-order valence-corrected chi connectivity index (χ0v) is 33.5. The van der Waals surface area contributed by atoms with E-state index in [-0.39, 0.29) is 42.7 Å². The van der Waals surface area contributed by atoms with Crippen LogP contribution >= 0.6 is 0 Å². The van der Waals surface area contributed by atoms with Crippen LogP contribution in [-0.4, -0.2) is 52.4 Å². The first-order chi connectivity index (χ1) is 29.2. The molecule has 1 aliphatic carbocycles. The van der Waals surface area contributed by atoms with E-state index in [9.17, 15) is 24.3 Å². The van der Waals surface area contributed by atoms with Crippen molar-refractivity contribution >= 4 is 40.8 Å². The van der Waals surface area contributed by atoms with Crippen LogP contribution < -0.4 is 16.0 Å². The van der Waals surface area contributed by atoms with Crippen molar-refractivity contribution in [3.8, 4) is 22.3 Å². The summed E-state index contributed by atoms with van der Waals surface area (Å²) in [5.41, 5.74) is 9.25. The van der Waals surface area contributed by atoms with Crippen LogP contribution in [0.3, 0.4) is 0 Å². The Hall–Kier alpha value is -7.26. The summed E-state index contributed by atoms with van der Waals surface area (Å²) < 4.78 is 0. The van der Waals surface area contributed by atoms with Crippen molar-refractivity contribution in [2.45, 2.75) is 44.7 Å². The molecule has 8 rings (SSSR count). The smallest absolute Gasteiger partial charge is 0.408 e. The van der Waals surface area contributed by atoms with Gasteiger partial charge in [0.05, 0.1) is 6.04 Å². The molecule has 0 fully saturated rings. The minimum atomic E-state index is -1.20. The predicted octanol–water partition coefficient (Wildman–Crippen LogP) is 9.88. The summed E-state index contributed by atoms with van der Waals surface area (Å²) in [6, 6.07) is 46.0. The van der Waals surface area contributed by atoms with E-state index in [4.69, 9.17) is 0 Å². The second kappa shape index (κ2) is 17.3. The number of fused-ring (bicyclic) bond motifs is 4. The van der Waals surface area contributed by atoms with Gasteiger partial charge in [-0.05, 0) is 63.1 Å². The number of rotatable bonds is 12. The Kier molecular flexibility index (Phi) is 11.4. The van der Waals surface area contributed by atoms with E-state index in [1.807, 2.05) is 121 Å². The monoisotopic (exact) mass is 794 g/mol. The molecule has 0 aromatic heterocycles. The highest BCUT2D eigenvalue weighted by atomic mass is 16.4. The van der Waals surface area contributed by atoms with Crippen molar-refractivity contribution in [1.82, 2.24) is 10.2 Å². The van der Waals surface area contributed by atoms with Gasteiger partial charge in [0, 0.05) is 53.0 Å². The van der Waals surface area contributed by atoms with Crippen molar-refractivity contribution in [1.29, 1.82) is 0 Å². The standard InChI is InChI=1S/C51H46N4O5/c1-3-32(2)48-42(38-23-11-12-26-41(38)49(57)54-48)30-47(56)52-44-27-15-13-24-39(44)40-25-14-16-28-45(40)53-50(58)46(29-33-17-5-4-6-18-33)55(51(59)60)31-43-36-21-9-7-19-34(36)35-20-8-10-22-37(35)43/h4-28,30,32,43,46,48H,3,29,31H2,1-2H3,(H,52,56)(H,53,58)(H,54,57)(H,59,60)/b42-30-/t32-,46-,48-/m0/s1. The largest absolute Gasteiger partial charge is 0.465 e. The lowest BCUT2D eigenvalue weighted by Crippen LogP contribution is -2.49. The van der Waals surface area contributed by atoms with E-state index in [0.717, 1.165) is 45.4 Å². The molecule has 300 valence electrons. The summed E-state index contributed by atoms with van der Waals surface area (Å²) in [5.74, 6) is -1.20. The maximum absolute atomic E-state index is 14.7. The topological polar surface area (TPSA) is 128 Å². The quantitative estimate of drug-likeness (QED) is 0.0918. The number of carbonyl (C=O) groups excluding carboxylic acids is 3. The number of nitrogens with zero attached hydrogens (tertiary/aromatic N) is 1. The van der Waals surface area contributed by atoms with E-state index in [1.165, 1.54) is 4.90 Å². The molecule has 6 aromatic rings. The molecule has 4 amide bonds. The van der Waals surface area contributed by atoms with Crippen molar-refractivity contribution in [2.24, 2.45) is 5.92 Å². The summed E-state index contributed by atoms with van der Waals surface area (Å²) in [6.45, 7) is 4.18. The van der Waals surface area contributed by atoms with Crippen LogP contribution in [0.25, 0.3) is 27.8 Å². The molecule has 1 aliphatic heterocycles. The van der Waals surface area contributed by atoms with Crippen molar-refractivity contribution in [2.75, 3.05) is 17.2 Å². The molecule has 9 heteroatoms. The lowest BCUT2D eigenvalue weighted by Gasteiger charge is -2.32. The highest BCUT2D eigenvalue weighted by molar-refractivity contribution is 6.11. The van der Waals surface area contributed by atoms with Gasteiger partial charge in [-0.25, -0.2) is 4.79 Å². The lowest BCUT2D eigenvalue weighted by molar-refractivity contribution is -0.120. The molecule has 1 heterocycles. The molecule has 0 bridgehead atoms. The average molecular weight is 795 g/mol. The second-order valence-corrected chi connectivity index (χ2v) is 15.4. The minimum absolute atomic E-state index is 0.0757. The number of hydrogen-bond donors (Lipinski definition) is 4. The van der Waals surface area contributed by atoms with Gasteiger partial charge in [-0.3, -0.25) is 19.3 Å². The Morgan fingerprint density at radius 1 is 0.667 bits per heavy atom. The molecule has 2 aliphatic rings. The van der Waals surface area contributed by atoms with Gasteiger partial charge in [-0.1, -0.05) is 154 Å². The first-order valence-electron chi connectivity index (χ1n) is 20.4. The molecular weight excluding hydrogens is 749 g/mol. The van der Waals surface area contributed by atoms with Crippen molar-refractivity contribution < 1.29 is 24.3 Å². The van der Waals surface area contributed by atoms with Crippen LogP contribution in [0.4, 0.5) is 16.2 Å². The third-order valence-corrected chi connectivity index (χ3v) is 11.8. The van der Waals surface area contributed by atoms with Gasteiger partial charge in [0.25, 0.3) is 5.91 Å². The van der Waals surface area contributed by atoms with Gasteiger partial charge < -0.3 is 21.1 Å². The van der Waals surface area contributed by atoms with Crippen LogP contribution in [0.2, 0.25) is 0 Å². The van der Waals surface area contributed by atoms with Crippen LogP contribution in [0.15, 0.2) is 158 Å². The summed E-state index contributed by atoms with van der Waals surface area (Å²) in [5, 5.41) is 20.2. The molecule has 0 unspecified atom stereocenters. The van der Waals surface area contributed by atoms with E-state index >= 15 is 0 Å². The molecule has 4 N–H and O–H groups in total. The highest BCUT2D eigenvalue weighted by Gasteiger charge is 2.37. The number of carbonyl (C=O) groups is 4. The number of amides is 4. The highest BCUT2D eigenvalue weighted by Crippen LogP contribution is 2.45. The molecule has 3 atom stereocenters. The van der Waals surface area contributed by atoms with E-state index in [0.29, 0.717) is 28.1 Å². The minimum Gasteiger partial charge on any atom is -0.465 e. The molecule has 9 nitrogen and oxygen atoms in total.